The topological polar surface area (TPSA) is 58.9 Å². The zero-order valence-electron chi connectivity index (χ0n) is 8.26. The Kier molecular flexibility index (Phi) is 8.47. The molecule has 0 radical (unpaired) electrons. The monoisotopic (exact) mass is 202 g/mol. The van der Waals surface area contributed by atoms with Gasteiger partial charge < -0.3 is 19.7 Å². The van der Waals surface area contributed by atoms with Gasteiger partial charge in [-0.25, -0.2) is 0 Å². The molecule has 82 valence electrons. The van der Waals surface area contributed by atoms with Crippen molar-refractivity contribution in [3.05, 3.63) is 25.3 Å². The van der Waals surface area contributed by atoms with Gasteiger partial charge in [0.05, 0.1) is 26.4 Å². The molecule has 0 aromatic carbocycles. The molecule has 0 fully saturated rings. The average molecular weight is 202 g/mol. The van der Waals surface area contributed by atoms with E-state index in [2.05, 4.69) is 13.2 Å². The largest absolute Gasteiger partial charge is 0.388 e. The van der Waals surface area contributed by atoms with Gasteiger partial charge in [-0.3, -0.25) is 0 Å². The van der Waals surface area contributed by atoms with E-state index in [1.807, 2.05) is 0 Å². The summed E-state index contributed by atoms with van der Waals surface area (Å²) in [5.74, 6) is 0. The van der Waals surface area contributed by atoms with Crippen LogP contribution < -0.4 is 0 Å². The number of hydrogen-bond acceptors (Lipinski definition) is 4. The summed E-state index contributed by atoms with van der Waals surface area (Å²) in [5, 5.41) is 18.7. The van der Waals surface area contributed by atoms with Gasteiger partial charge in [-0.1, -0.05) is 12.2 Å². The molecular formula is C10H18O4. The van der Waals surface area contributed by atoms with Gasteiger partial charge in [-0.2, -0.15) is 0 Å². The summed E-state index contributed by atoms with van der Waals surface area (Å²) in [6, 6.07) is 0. The maximum absolute atomic E-state index is 9.33. The minimum absolute atomic E-state index is 0.0740. The molecule has 2 atom stereocenters. The third kappa shape index (κ3) is 6.80. The van der Waals surface area contributed by atoms with Gasteiger partial charge in [-0.05, 0) is 0 Å². The number of hydrogen-bond donors (Lipinski definition) is 2. The van der Waals surface area contributed by atoms with E-state index in [1.54, 1.807) is 12.2 Å². The van der Waals surface area contributed by atoms with E-state index in [1.165, 1.54) is 0 Å². The zero-order valence-corrected chi connectivity index (χ0v) is 8.26. The van der Waals surface area contributed by atoms with E-state index in [9.17, 15) is 10.2 Å². The Morgan fingerprint density at radius 3 is 1.57 bits per heavy atom. The fourth-order valence-electron chi connectivity index (χ4n) is 0.766. The van der Waals surface area contributed by atoms with Crippen LogP contribution in [0.4, 0.5) is 0 Å². The van der Waals surface area contributed by atoms with Crippen LogP contribution >= 0.6 is 0 Å². The molecule has 0 aliphatic heterocycles. The third-order valence-electron chi connectivity index (χ3n) is 1.49. The summed E-state index contributed by atoms with van der Waals surface area (Å²) >= 11 is 0. The van der Waals surface area contributed by atoms with Gasteiger partial charge in [0, 0.05) is 0 Å². The fourth-order valence-corrected chi connectivity index (χ4v) is 0.766. The molecule has 0 aliphatic carbocycles. The smallest absolute Gasteiger partial charge is 0.105 e. The lowest BCUT2D eigenvalue weighted by molar-refractivity contribution is -0.0640. The molecule has 0 heterocycles. The molecule has 4 nitrogen and oxygen atoms in total. The van der Waals surface area contributed by atoms with Gasteiger partial charge in [-0.15, -0.1) is 13.2 Å². The molecule has 4 heteroatoms. The van der Waals surface area contributed by atoms with Crippen molar-refractivity contribution >= 4 is 0 Å². The van der Waals surface area contributed by atoms with Gasteiger partial charge >= 0.3 is 0 Å². The normalized spacial score (nSPS) is 14.7. The van der Waals surface area contributed by atoms with Crippen LogP contribution in [-0.2, 0) is 9.47 Å². The number of ether oxygens (including phenoxy) is 2. The Morgan fingerprint density at radius 2 is 1.29 bits per heavy atom. The van der Waals surface area contributed by atoms with Crippen molar-refractivity contribution in [3.8, 4) is 0 Å². The Balaban J connectivity index is 3.47. The molecule has 0 amide bonds. The van der Waals surface area contributed by atoms with Crippen LogP contribution in [0, 0.1) is 0 Å². The van der Waals surface area contributed by atoms with Crippen LogP contribution in [0.3, 0.4) is 0 Å². The summed E-state index contributed by atoms with van der Waals surface area (Å²) < 4.78 is 9.94. The highest BCUT2D eigenvalue weighted by Gasteiger charge is 2.15. The summed E-state index contributed by atoms with van der Waals surface area (Å²) in [4.78, 5) is 0. The Bertz CT molecular complexity index is 140. The molecule has 0 aliphatic rings. The predicted octanol–water partition coefficient (Wildman–Crippen LogP) is 0.113. The zero-order chi connectivity index (χ0) is 10.8. The number of rotatable bonds is 9. The van der Waals surface area contributed by atoms with Crippen molar-refractivity contribution in [2.45, 2.75) is 12.2 Å². The SMILES string of the molecule is C=CCOCC(O)C(O)COCC=C. The van der Waals surface area contributed by atoms with Gasteiger partial charge in [0.25, 0.3) is 0 Å². The van der Waals surface area contributed by atoms with Gasteiger partial charge in [0.2, 0.25) is 0 Å². The van der Waals surface area contributed by atoms with E-state index in [0.717, 1.165) is 0 Å². The molecule has 0 bridgehead atoms. The maximum atomic E-state index is 9.33. The van der Waals surface area contributed by atoms with Crippen molar-refractivity contribution in [2.75, 3.05) is 26.4 Å². The van der Waals surface area contributed by atoms with Crippen molar-refractivity contribution in [1.29, 1.82) is 0 Å². The molecule has 0 saturated carbocycles. The maximum Gasteiger partial charge on any atom is 0.105 e. The first kappa shape index (κ1) is 13.3. The molecule has 0 aromatic rings. The summed E-state index contributed by atoms with van der Waals surface area (Å²) in [6.45, 7) is 7.78. The lowest BCUT2D eigenvalue weighted by atomic mass is 10.2. The van der Waals surface area contributed by atoms with E-state index in [4.69, 9.17) is 9.47 Å². The third-order valence-corrected chi connectivity index (χ3v) is 1.49. The van der Waals surface area contributed by atoms with Gasteiger partial charge in [0.15, 0.2) is 0 Å². The van der Waals surface area contributed by atoms with Crippen molar-refractivity contribution < 1.29 is 19.7 Å². The molecule has 0 saturated heterocycles. The minimum Gasteiger partial charge on any atom is -0.388 e. The van der Waals surface area contributed by atoms with E-state index in [-0.39, 0.29) is 13.2 Å². The summed E-state index contributed by atoms with van der Waals surface area (Å²) in [6.07, 6.45) is 1.29. The second-order valence-corrected chi connectivity index (χ2v) is 2.79. The van der Waals surface area contributed by atoms with Crippen LogP contribution in [0.25, 0.3) is 0 Å². The van der Waals surface area contributed by atoms with E-state index in [0.29, 0.717) is 13.2 Å². The van der Waals surface area contributed by atoms with Crippen molar-refractivity contribution in [2.24, 2.45) is 0 Å². The molecular weight excluding hydrogens is 184 g/mol. The standard InChI is InChI=1S/C10H18O4/c1-3-5-13-7-9(11)10(12)8-14-6-4-2/h3-4,9-12H,1-2,5-8H2. The number of aliphatic hydroxyl groups excluding tert-OH is 2. The second-order valence-electron chi connectivity index (χ2n) is 2.79. The van der Waals surface area contributed by atoms with Gasteiger partial charge in [0.1, 0.15) is 12.2 Å². The quantitative estimate of drug-likeness (QED) is 0.411. The lowest BCUT2D eigenvalue weighted by Crippen LogP contribution is -2.34. The molecule has 2 N–H and O–H groups in total. The van der Waals surface area contributed by atoms with Crippen molar-refractivity contribution in [1.82, 2.24) is 0 Å². The van der Waals surface area contributed by atoms with Crippen LogP contribution in [-0.4, -0.2) is 48.8 Å². The Labute approximate surface area is 84.5 Å². The fraction of sp³-hybridized carbons (Fsp3) is 0.600. The Morgan fingerprint density at radius 1 is 0.929 bits per heavy atom. The predicted molar refractivity (Wildman–Crippen MR) is 54.0 cm³/mol. The molecule has 2 unspecified atom stereocenters. The van der Waals surface area contributed by atoms with Crippen LogP contribution in [0.15, 0.2) is 25.3 Å². The highest BCUT2D eigenvalue weighted by molar-refractivity contribution is 4.70. The first-order chi connectivity index (χ1) is 6.72. The van der Waals surface area contributed by atoms with E-state index >= 15 is 0 Å². The Hall–Kier alpha value is -0.680. The van der Waals surface area contributed by atoms with E-state index < -0.39 is 12.2 Å². The lowest BCUT2D eigenvalue weighted by Gasteiger charge is -2.17. The second kappa shape index (κ2) is 8.90. The number of aliphatic hydroxyl groups is 2. The molecule has 0 spiro atoms. The summed E-state index contributed by atoms with van der Waals surface area (Å²) in [5.41, 5.74) is 0. The average Bonchev–Trinajstić information content (AvgIpc) is 2.18. The van der Waals surface area contributed by atoms with Crippen molar-refractivity contribution in [3.63, 3.8) is 0 Å². The molecule has 14 heavy (non-hydrogen) atoms. The minimum atomic E-state index is -0.931. The van der Waals surface area contributed by atoms with Crippen LogP contribution in [0.1, 0.15) is 0 Å². The first-order valence-electron chi connectivity index (χ1n) is 4.45. The first-order valence-corrected chi connectivity index (χ1v) is 4.45. The van der Waals surface area contributed by atoms with Crippen LogP contribution in [0.2, 0.25) is 0 Å². The highest BCUT2D eigenvalue weighted by atomic mass is 16.5. The molecule has 0 aromatic heterocycles. The molecule has 0 rings (SSSR count). The van der Waals surface area contributed by atoms with Crippen LogP contribution in [0.5, 0.6) is 0 Å². The summed E-state index contributed by atoms with van der Waals surface area (Å²) in [7, 11) is 0. The highest BCUT2D eigenvalue weighted by Crippen LogP contribution is 1.96.